The quantitative estimate of drug-likeness (QED) is 0.566. The molecule has 0 unspecified atom stereocenters. The van der Waals surface area contributed by atoms with Crippen molar-refractivity contribution >= 4 is 0 Å². The molecule has 3 heteroatoms. The third-order valence-corrected chi connectivity index (χ3v) is 1.66. The van der Waals surface area contributed by atoms with E-state index in [0.717, 1.165) is 12.8 Å². The first-order valence-electron chi connectivity index (χ1n) is 3.77. The molecule has 0 saturated carbocycles. The number of hydrogen-bond acceptors (Lipinski definition) is 1. The van der Waals surface area contributed by atoms with Crippen LogP contribution in [0, 0.1) is 0 Å². The summed E-state index contributed by atoms with van der Waals surface area (Å²) in [5.41, 5.74) is 8.19. The van der Waals surface area contributed by atoms with Gasteiger partial charge >= 0.3 is 0 Å². The topological polar surface area (TPSA) is 40.6 Å². The Labute approximate surface area is 66.9 Å². The summed E-state index contributed by atoms with van der Waals surface area (Å²) in [5, 5.41) is 0. The van der Waals surface area contributed by atoms with Crippen molar-refractivity contribution in [1.29, 1.82) is 0 Å². The van der Waals surface area contributed by atoms with E-state index in [1.807, 2.05) is 24.0 Å². The summed E-state index contributed by atoms with van der Waals surface area (Å²) in [6.07, 6.45) is 7.42. The highest BCUT2D eigenvalue weighted by Crippen LogP contribution is 1.91. The molecular weight excluding hydrogens is 138 g/mol. The summed E-state index contributed by atoms with van der Waals surface area (Å²) in [7, 11) is 2.00. The Morgan fingerprint density at radius 1 is 1.64 bits per heavy atom. The van der Waals surface area contributed by atoms with Crippen molar-refractivity contribution in [3.63, 3.8) is 0 Å². The van der Waals surface area contributed by atoms with Gasteiger partial charge in [0, 0.05) is 13.0 Å². The molecule has 0 aliphatic carbocycles. The zero-order valence-electron chi connectivity index (χ0n) is 6.75. The summed E-state index contributed by atoms with van der Waals surface area (Å²) in [6.45, 7) is 0.495. The second-order valence-electron chi connectivity index (χ2n) is 2.53. The molecule has 1 aromatic heterocycles. The summed E-state index contributed by atoms with van der Waals surface area (Å²) in [4.78, 5) is 4.02. The fourth-order valence-electron chi connectivity index (χ4n) is 0.965. The van der Waals surface area contributed by atoms with Crippen LogP contribution in [0.2, 0.25) is 0 Å². The fourth-order valence-corrected chi connectivity index (χ4v) is 0.965. The Kier molecular flexibility index (Phi) is 2.98. The summed E-state index contributed by atoms with van der Waals surface area (Å²) < 4.78 is 2.04. The van der Waals surface area contributed by atoms with Gasteiger partial charge in [-0.05, 0) is 6.42 Å². The van der Waals surface area contributed by atoms with E-state index < -0.39 is 0 Å². The van der Waals surface area contributed by atoms with Gasteiger partial charge in [0.1, 0.15) is 7.05 Å². The Hall–Kier alpha value is -0.960. The lowest BCUT2D eigenvalue weighted by Crippen LogP contribution is -2.33. The first-order chi connectivity index (χ1) is 5.34. The first kappa shape index (κ1) is 8.14. The highest BCUT2D eigenvalue weighted by molar-refractivity contribution is 4.86. The molecule has 1 radical (unpaired) electrons. The van der Waals surface area contributed by atoms with E-state index in [1.165, 1.54) is 5.69 Å². The maximum atomic E-state index is 6.99. The van der Waals surface area contributed by atoms with E-state index in [4.69, 9.17) is 5.73 Å². The molecule has 0 spiro atoms. The standard InChI is InChI=1S/C8H13N3/c1-11-6-5-10-7-8(11)3-2-4-9/h5-7,9H,2-4H2,1H3/q+1. The maximum Gasteiger partial charge on any atom is 0.199 e. The molecule has 0 fully saturated rings. The molecule has 0 aromatic carbocycles. The third kappa shape index (κ3) is 2.27. The number of nitrogens with one attached hydrogen (secondary N) is 1. The zero-order valence-corrected chi connectivity index (χ0v) is 6.75. The van der Waals surface area contributed by atoms with Gasteiger partial charge in [0.05, 0.1) is 12.4 Å². The van der Waals surface area contributed by atoms with Crippen LogP contribution < -0.4 is 10.3 Å². The lowest BCUT2D eigenvalue weighted by molar-refractivity contribution is -0.679. The van der Waals surface area contributed by atoms with Crippen LogP contribution in [0.5, 0.6) is 0 Å². The first-order valence-corrected chi connectivity index (χ1v) is 3.77. The van der Waals surface area contributed by atoms with Gasteiger partial charge in [0.2, 0.25) is 0 Å². The minimum Gasteiger partial charge on any atom is -0.258 e. The molecular formula is C8H13N3+. The summed E-state index contributed by atoms with van der Waals surface area (Å²) in [6, 6.07) is 0. The molecule has 0 amide bonds. The van der Waals surface area contributed by atoms with E-state index >= 15 is 0 Å². The molecule has 0 atom stereocenters. The van der Waals surface area contributed by atoms with Crippen molar-refractivity contribution in [2.75, 3.05) is 6.54 Å². The zero-order chi connectivity index (χ0) is 8.10. The SMILES string of the molecule is C[n+]1ccncc1CCC[NH]. The largest absolute Gasteiger partial charge is 0.258 e. The van der Waals surface area contributed by atoms with Crippen molar-refractivity contribution < 1.29 is 4.57 Å². The van der Waals surface area contributed by atoms with Gasteiger partial charge in [-0.25, -0.2) is 4.57 Å². The highest BCUT2D eigenvalue weighted by Gasteiger charge is 2.02. The van der Waals surface area contributed by atoms with E-state index in [-0.39, 0.29) is 0 Å². The number of aryl methyl sites for hydroxylation is 2. The number of rotatable bonds is 3. The van der Waals surface area contributed by atoms with Gasteiger partial charge in [-0.1, -0.05) is 0 Å². The molecule has 1 heterocycles. The van der Waals surface area contributed by atoms with Gasteiger partial charge in [-0.2, -0.15) is 0 Å². The van der Waals surface area contributed by atoms with Crippen molar-refractivity contribution in [1.82, 2.24) is 10.7 Å². The van der Waals surface area contributed by atoms with Crippen LogP contribution in [0.15, 0.2) is 18.6 Å². The van der Waals surface area contributed by atoms with Gasteiger partial charge in [0.15, 0.2) is 11.9 Å². The average molecular weight is 151 g/mol. The van der Waals surface area contributed by atoms with Crippen LogP contribution in [0.1, 0.15) is 12.1 Å². The van der Waals surface area contributed by atoms with Gasteiger partial charge in [-0.3, -0.25) is 10.7 Å². The minimum atomic E-state index is 0.495. The lowest BCUT2D eigenvalue weighted by atomic mass is 10.2. The predicted octanol–water partition coefficient (Wildman–Crippen LogP) is 0.122. The fraction of sp³-hybridized carbons (Fsp3) is 0.500. The number of hydrogen-bond donors (Lipinski definition) is 0. The van der Waals surface area contributed by atoms with Crippen LogP contribution >= 0.6 is 0 Å². The Morgan fingerprint density at radius 2 is 2.45 bits per heavy atom. The Morgan fingerprint density at radius 3 is 3.09 bits per heavy atom. The Bertz CT molecular complexity index is 222. The van der Waals surface area contributed by atoms with E-state index in [2.05, 4.69) is 4.98 Å². The van der Waals surface area contributed by atoms with Crippen LogP contribution in [-0.2, 0) is 13.5 Å². The predicted molar refractivity (Wildman–Crippen MR) is 41.7 cm³/mol. The van der Waals surface area contributed by atoms with Crippen molar-refractivity contribution in [2.45, 2.75) is 12.8 Å². The molecule has 0 bridgehead atoms. The highest BCUT2D eigenvalue weighted by atomic mass is 14.9. The van der Waals surface area contributed by atoms with Crippen molar-refractivity contribution in [2.24, 2.45) is 7.05 Å². The van der Waals surface area contributed by atoms with E-state index in [1.54, 1.807) is 6.20 Å². The molecule has 11 heavy (non-hydrogen) atoms. The minimum absolute atomic E-state index is 0.495. The molecule has 0 aliphatic rings. The average Bonchev–Trinajstić information content (AvgIpc) is 2.03. The smallest absolute Gasteiger partial charge is 0.199 e. The number of aromatic nitrogens is 2. The second-order valence-corrected chi connectivity index (χ2v) is 2.53. The van der Waals surface area contributed by atoms with Crippen LogP contribution in [0.3, 0.4) is 0 Å². The van der Waals surface area contributed by atoms with E-state index in [0.29, 0.717) is 6.54 Å². The molecule has 3 nitrogen and oxygen atoms in total. The van der Waals surface area contributed by atoms with Crippen molar-refractivity contribution in [3.8, 4) is 0 Å². The molecule has 1 aromatic rings. The van der Waals surface area contributed by atoms with Gasteiger partial charge in [0.25, 0.3) is 0 Å². The van der Waals surface area contributed by atoms with Crippen molar-refractivity contribution in [3.05, 3.63) is 24.3 Å². The van der Waals surface area contributed by atoms with Crippen LogP contribution in [0.25, 0.3) is 0 Å². The molecule has 0 saturated heterocycles. The summed E-state index contributed by atoms with van der Waals surface area (Å²) >= 11 is 0. The molecule has 0 aliphatic heterocycles. The molecule has 1 rings (SSSR count). The summed E-state index contributed by atoms with van der Waals surface area (Å²) in [5.74, 6) is 0. The van der Waals surface area contributed by atoms with E-state index in [9.17, 15) is 0 Å². The molecule has 59 valence electrons. The van der Waals surface area contributed by atoms with Crippen LogP contribution in [-0.4, -0.2) is 11.5 Å². The maximum absolute atomic E-state index is 6.99. The van der Waals surface area contributed by atoms with Gasteiger partial charge < -0.3 is 0 Å². The monoisotopic (exact) mass is 151 g/mol. The second kappa shape index (κ2) is 4.03. The van der Waals surface area contributed by atoms with Crippen LogP contribution in [0.4, 0.5) is 0 Å². The third-order valence-electron chi connectivity index (χ3n) is 1.66. The Balaban J connectivity index is 2.62. The molecule has 1 N–H and O–H groups in total. The normalized spacial score (nSPS) is 10.0. The van der Waals surface area contributed by atoms with Gasteiger partial charge in [-0.15, -0.1) is 0 Å². The number of nitrogens with zero attached hydrogens (tertiary/aromatic N) is 2. The lowest BCUT2D eigenvalue weighted by Gasteiger charge is -1.95.